The molecule has 0 spiro atoms. The van der Waals surface area contributed by atoms with E-state index in [4.69, 9.17) is 0 Å². The third kappa shape index (κ3) is 3.44. The number of anilines is 1. The van der Waals surface area contributed by atoms with Gasteiger partial charge in [0.1, 0.15) is 0 Å². The number of thioether (sulfide) groups is 1. The van der Waals surface area contributed by atoms with E-state index in [0.717, 1.165) is 6.04 Å². The Hall–Kier alpha value is -0.630. The van der Waals surface area contributed by atoms with Gasteiger partial charge in [-0.15, -0.1) is 0 Å². The molecule has 0 atom stereocenters. The van der Waals surface area contributed by atoms with Gasteiger partial charge in [-0.05, 0) is 49.0 Å². The molecule has 1 N–H and O–H groups in total. The highest BCUT2D eigenvalue weighted by atomic mass is 32.2. The van der Waals surface area contributed by atoms with Crippen LogP contribution in [0.15, 0.2) is 24.3 Å². The van der Waals surface area contributed by atoms with Gasteiger partial charge in [0.05, 0.1) is 0 Å². The summed E-state index contributed by atoms with van der Waals surface area (Å²) in [5.41, 5.74) is 2.74. The highest BCUT2D eigenvalue weighted by Crippen LogP contribution is 2.22. The minimum atomic E-state index is 0.719. The lowest BCUT2D eigenvalue weighted by Gasteiger charge is -2.13. The fraction of sp³-hybridized carbons (Fsp3) is 0.571. The monoisotopic (exact) mass is 235 g/mol. The molecule has 0 amide bonds. The van der Waals surface area contributed by atoms with Crippen molar-refractivity contribution in [1.29, 1.82) is 0 Å². The van der Waals surface area contributed by atoms with E-state index in [9.17, 15) is 0 Å². The van der Waals surface area contributed by atoms with Crippen LogP contribution < -0.4 is 5.32 Å². The second kappa shape index (κ2) is 6.19. The van der Waals surface area contributed by atoms with E-state index in [1.807, 2.05) is 11.8 Å². The van der Waals surface area contributed by atoms with Gasteiger partial charge in [0.2, 0.25) is 0 Å². The number of hydrogen-bond donors (Lipinski definition) is 1. The minimum Gasteiger partial charge on any atom is -0.382 e. The van der Waals surface area contributed by atoms with Gasteiger partial charge in [-0.2, -0.15) is 11.8 Å². The summed E-state index contributed by atoms with van der Waals surface area (Å²) < 4.78 is 0. The lowest BCUT2D eigenvalue weighted by Crippen LogP contribution is -2.14. The maximum Gasteiger partial charge on any atom is 0.0342 e. The summed E-state index contributed by atoms with van der Waals surface area (Å²) in [7, 11) is 0. The molecule has 0 radical (unpaired) electrons. The summed E-state index contributed by atoms with van der Waals surface area (Å²) in [6, 6.07) is 9.69. The van der Waals surface area contributed by atoms with E-state index >= 15 is 0 Å². The zero-order valence-corrected chi connectivity index (χ0v) is 10.9. The topological polar surface area (TPSA) is 12.0 Å². The van der Waals surface area contributed by atoms with Gasteiger partial charge >= 0.3 is 0 Å². The van der Waals surface area contributed by atoms with Crippen molar-refractivity contribution in [3.8, 4) is 0 Å². The molecule has 0 aliphatic heterocycles. The SMILES string of the molecule is CSCCc1ccc(NC2CCCC2)cc1. The largest absolute Gasteiger partial charge is 0.382 e. The van der Waals surface area contributed by atoms with Crippen LogP contribution in [0.25, 0.3) is 0 Å². The highest BCUT2D eigenvalue weighted by Gasteiger charge is 2.13. The van der Waals surface area contributed by atoms with Crippen LogP contribution >= 0.6 is 11.8 Å². The summed E-state index contributed by atoms with van der Waals surface area (Å²) >= 11 is 1.91. The summed E-state index contributed by atoms with van der Waals surface area (Å²) in [5, 5.41) is 3.62. The number of aryl methyl sites for hydroxylation is 1. The van der Waals surface area contributed by atoms with E-state index in [1.165, 1.54) is 49.1 Å². The molecule has 0 unspecified atom stereocenters. The standard InChI is InChI=1S/C14H21NS/c1-16-11-10-12-6-8-14(9-7-12)15-13-4-2-3-5-13/h6-9,13,15H,2-5,10-11H2,1H3. The summed E-state index contributed by atoms with van der Waals surface area (Å²) in [6.07, 6.45) is 8.82. The fourth-order valence-electron chi connectivity index (χ4n) is 2.29. The van der Waals surface area contributed by atoms with Crippen LogP contribution in [0.5, 0.6) is 0 Å². The van der Waals surface area contributed by atoms with Crippen molar-refractivity contribution >= 4 is 17.4 Å². The summed E-state index contributed by atoms with van der Waals surface area (Å²) in [6.45, 7) is 0. The molecular weight excluding hydrogens is 214 g/mol. The number of nitrogens with one attached hydrogen (secondary N) is 1. The molecule has 0 heterocycles. The van der Waals surface area contributed by atoms with Gasteiger partial charge < -0.3 is 5.32 Å². The molecule has 1 aliphatic rings. The first-order chi connectivity index (χ1) is 7.88. The van der Waals surface area contributed by atoms with Crippen LogP contribution in [0.4, 0.5) is 5.69 Å². The van der Waals surface area contributed by atoms with E-state index in [2.05, 4.69) is 35.8 Å². The quantitative estimate of drug-likeness (QED) is 0.829. The smallest absolute Gasteiger partial charge is 0.0342 e. The maximum absolute atomic E-state index is 3.62. The Kier molecular flexibility index (Phi) is 4.58. The number of hydrogen-bond acceptors (Lipinski definition) is 2. The first-order valence-electron chi connectivity index (χ1n) is 6.23. The maximum atomic E-state index is 3.62. The molecule has 0 bridgehead atoms. The molecule has 1 aromatic carbocycles. The van der Waals surface area contributed by atoms with Crippen LogP contribution in [-0.2, 0) is 6.42 Å². The van der Waals surface area contributed by atoms with Crippen molar-refractivity contribution in [2.24, 2.45) is 0 Å². The molecule has 1 fully saturated rings. The van der Waals surface area contributed by atoms with E-state index in [0.29, 0.717) is 0 Å². The highest BCUT2D eigenvalue weighted by molar-refractivity contribution is 7.98. The molecule has 0 saturated heterocycles. The van der Waals surface area contributed by atoms with Crippen LogP contribution in [0, 0.1) is 0 Å². The molecule has 2 heteroatoms. The van der Waals surface area contributed by atoms with Crippen molar-refractivity contribution in [2.75, 3.05) is 17.3 Å². The second-order valence-electron chi connectivity index (χ2n) is 4.57. The molecule has 2 rings (SSSR count). The van der Waals surface area contributed by atoms with Gasteiger partial charge in [0, 0.05) is 11.7 Å². The molecule has 16 heavy (non-hydrogen) atoms. The Balaban J connectivity index is 1.86. The van der Waals surface area contributed by atoms with Gasteiger partial charge in [0.15, 0.2) is 0 Å². The Bertz CT molecular complexity index is 301. The van der Waals surface area contributed by atoms with Crippen LogP contribution in [0.3, 0.4) is 0 Å². The summed E-state index contributed by atoms with van der Waals surface area (Å²) in [4.78, 5) is 0. The van der Waals surface area contributed by atoms with Crippen molar-refractivity contribution in [1.82, 2.24) is 0 Å². The average molecular weight is 235 g/mol. The van der Waals surface area contributed by atoms with E-state index in [-0.39, 0.29) is 0 Å². The Morgan fingerprint density at radius 2 is 1.88 bits per heavy atom. The van der Waals surface area contributed by atoms with E-state index < -0.39 is 0 Å². The van der Waals surface area contributed by atoms with Crippen molar-refractivity contribution in [2.45, 2.75) is 38.1 Å². The van der Waals surface area contributed by atoms with Gasteiger partial charge in [-0.1, -0.05) is 25.0 Å². The van der Waals surface area contributed by atoms with Crippen molar-refractivity contribution in [3.05, 3.63) is 29.8 Å². The molecule has 1 nitrogen and oxygen atoms in total. The third-order valence-corrected chi connectivity index (χ3v) is 3.89. The van der Waals surface area contributed by atoms with Crippen LogP contribution in [-0.4, -0.2) is 18.1 Å². The lowest BCUT2D eigenvalue weighted by atomic mass is 10.1. The first kappa shape index (κ1) is 11.8. The number of benzene rings is 1. The third-order valence-electron chi connectivity index (χ3n) is 3.27. The first-order valence-corrected chi connectivity index (χ1v) is 7.62. The van der Waals surface area contributed by atoms with E-state index in [1.54, 1.807) is 0 Å². The molecule has 88 valence electrons. The number of rotatable bonds is 5. The van der Waals surface area contributed by atoms with Crippen LogP contribution in [0.2, 0.25) is 0 Å². The lowest BCUT2D eigenvalue weighted by molar-refractivity contribution is 0.755. The fourth-order valence-corrected chi connectivity index (χ4v) is 2.73. The predicted molar refractivity (Wildman–Crippen MR) is 74.4 cm³/mol. The zero-order chi connectivity index (χ0) is 11.2. The van der Waals surface area contributed by atoms with Crippen molar-refractivity contribution < 1.29 is 0 Å². The minimum absolute atomic E-state index is 0.719. The molecule has 1 saturated carbocycles. The average Bonchev–Trinajstić information content (AvgIpc) is 2.81. The zero-order valence-electron chi connectivity index (χ0n) is 10.0. The summed E-state index contributed by atoms with van der Waals surface area (Å²) in [5.74, 6) is 1.22. The second-order valence-corrected chi connectivity index (χ2v) is 5.55. The van der Waals surface area contributed by atoms with Gasteiger partial charge in [-0.25, -0.2) is 0 Å². The normalized spacial score (nSPS) is 16.6. The molecule has 1 aliphatic carbocycles. The molecule has 1 aromatic rings. The Morgan fingerprint density at radius 3 is 2.50 bits per heavy atom. The predicted octanol–water partition coefficient (Wildman–Crippen LogP) is 3.95. The molecular formula is C14H21NS. The van der Waals surface area contributed by atoms with Crippen LogP contribution in [0.1, 0.15) is 31.2 Å². The van der Waals surface area contributed by atoms with Gasteiger partial charge in [0.25, 0.3) is 0 Å². The Morgan fingerprint density at radius 1 is 1.19 bits per heavy atom. The van der Waals surface area contributed by atoms with Gasteiger partial charge in [-0.3, -0.25) is 0 Å². The van der Waals surface area contributed by atoms with Crippen molar-refractivity contribution in [3.63, 3.8) is 0 Å². The Labute approximate surface area is 103 Å². The molecule has 0 aromatic heterocycles.